The molecular formula is C14H28N2. The van der Waals surface area contributed by atoms with E-state index in [4.69, 9.17) is 0 Å². The van der Waals surface area contributed by atoms with Gasteiger partial charge in [-0.2, -0.15) is 0 Å². The smallest absolute Gasteiger partial charge is 0.0231 e. The third kappa shape index (κ3) is 2.43. The fraction of sp³-hybridized carbons (Fsp3) is 1.00. The SMILES string of the molecule is CCC1(N2C[C@@H](C)C[C@H](C)C2)CCNCC1. The Bertz CT molecular complexity index is 211. The van der Waals surface area contributed by atoms with E-state index in [1.165, 1.54) is 51.9 Å². The van der Waals surface area contributed by atoms with Gasteiger partial charge in [0, 0.05) is 18.6 Å². The lowest BCUT2D eigenvalue weighted by atomic mass is 9.80. The first-order valence-electron chi connectivity index (χ1n) is 7.12. The molecule has 0 bridgehead atoms. The molecule has 0 saturated carbocycles. The Morgan fingerprint density at radius 2 is 1.69 bits per heavy atom. The number of hydrogen-bond acceptors (Lipinski definition) is 2. The molecule has 2 aliphatic heterocycles. The minimum atomic E-state index is 0.522. The van der Waals surface area contributed by atoms with Crippen molar-refractivity contribution in [2.45, 2.75) is 52.0 Å². The number of rotatable bonds is 2. The molecule has 0 amide bonds. The fourth-order valence-corrected chi connectivity index (χ4v) is 3.84. The summed E-state index contributed by atoms with van der Waals surface area (Å²) in [5, 5.41) is 3.51. The van der Waals surface area contributed by atoms with E-state index in [-0.39, 0.29) is 0 Å². The molecule has 2 heterocycles. The molecule has 2 heteroatoms. The quantitative estimate of drug-likeness (QED) is 0.775. The molecule has 2 atom stereocenters. The van der Waals surface area contributed by atoms with Gasteiger partial charge in [0.15, 0.2) is 0 Å². The molecule has 0 aromatic heterocycles. The maximum atomic E-state index is 3.51. The van der Waals surface area contributed by atoms with Gasteiger partial charge in [-0.25, -0.2) is 0 Å². The van der Waals surface area contributed by atoms with Crippen molar-refractivity contribution in [1.82, 2.24) is 10.2 Å². The highest BCUT2D eigenvalue weighted by molar-refractivity contribution is 4.96. The maximum absolute atomic E-state index is 3.51. The van der Waals surface area contributed by atoms with E-state index >= 15 is 0 Å². The summed E-state index contributed by atoms with van der Waals surface area (Å²) in [6, 6.07) is 0. The van der Waals surface area contributed by atoms with Gasteiger partial charge in [-0.1, -0.05) is 20.8 Å². The van der Waals surface area contributed by atoms with Gasteiger partial charge in [-0.05, 0) is 50.6 Å². The van der Waals surface area contributed by atoms with Gasteiger partial charge in [-0.3, -0.25) is 4.90 Å². The van der Waals surface area contributed by atoms with E-state index in [0.29, 0.717) is 5.54 Å². The largest absolute Gasteiger partial charge is 0.317 e. The van der Waals surface area contributed by atoms with Crippen molar-refractivity contribution in [2.24, 2.45) is 11.8 Å². The third-order valence-electron chi connectivity index (χ3n) is 4.73. The lowest BCUT2D eigenvalue weighted by Gasteiger charge is -2.50. The molecule has 2 fully saturated rings. The Labute approximate surface area is 101 Å². The van der Waals surface area contributed by atoms with Crippen LogP contribution in [0.3, 0.4) is 0 Å². The van der Waals surface area contributed by atoms with Crippen LogP contribution in [0, 0.1) is 11.8 Å². The summed E-state index contributed by atoms with van der Waals surface area (Å²) in [4.78, 5) is 2.83. The van der Waals surface area contributed by atoms with Crippen molar-refractivity contribution in [3.63, 3.8) is 0 Å². The van der Waals surface area contributed by atoms with Crippen LogP contribution in [0.15, 0.2) is 0 Å². The standard InChI is InChI=1S/C14H28N2/c1-4-14(5-7-15-8-6-14)16-10-12(2)9-13(3)11-16/h12-13,15H,4-11H2,1-3H3/t12-,13-/m0/s1. The molecule has 0 aliphatic carbocycles. The zero-order valence-corrected chi connectivity index (χ0v) is 11.3. The van der Waals surface area contributed by atoms with Crippen LogP contribution < -0.4 is 5.32 Å². The lowest BCUT2D eigenvalue weighted by molar-refractivity contribution is 0.00113. The molecule has 2 saturated heterocycles. The molecule has 2 aliphatic rings. The molecule has 2 nitrogen and oxygen atoms in total. The first-order chi connectivity index (χ1) is 7.66. The molecule has 0 aromatic rings. The zero-order valence-electron chi connectivity index (χ0n) is 11.3. The summed E-state index contributed by atoms with van der Waals surface area (Å²) in [7, 11) is 0. The van der Waals surface area contributed by atoms with Crippen molar-refractivity contribution < 1.29 is 0 Å². The topological polar surface area (TPSA) is 15.3 Å². The van der Waals surface area contributed by atoms with Gasteiger partial charge in [0.05, 0.1) is 0 Å². The second kappa shape index (κ2) is 5.05. The molecule has 0 spiro atoms. The van der Waals surface area contributed by atoms with Crippen LogP contribution in [0.5, 0.6) is 0 Å². The lowest BCUT2D eigenvalue weighted by Crippen LogP contribution is -2.58. The van der Waals surface area contributed by atoms with Crippen LogP contribution in [0.25, 0.3) is 0 Å². The number of nitrogens with zero attached hydrogens (tertiary/aromatic N) is 1. The Morgan fingerprint density at radius 1 is 1.12 bits per heavy atom. The van der Waals surface area contributed by atoms with Gasteiger partial charge in [0.1, 0.15) is 0 Å². The minimum Gasteiger partial charge on any atom is -0.317 e. The Hall–Kier alpha value is -0.0800. The van der Waals surface area contributed by atoms with Gasteiger partial charge in [0.25, 0.3) is 0 Å². The molecule has 94 valence electrons. The number of likely N-dealkylation sites (tertiary alicyclic amines) is 1. The van der Waals surface area contributed by atoms with Crippen molar-refractivity contribution in [3.8, 4) is 0 Å². The number of piperidine rings is 2. The molecule has 2 rings (SSSR count). The third-order valence-corrected chi connectivity index (χ3v) is 4.73. The van der Waals surface area contributed by atoms with E-state index in [1.807, 2.05) is 0 Å². The van der Waals surface area contributed by atoms with Crippen molar-refractivity contribution in [3.05, 3.63) is 0 Å². The molecule has 0 aromatic carbocycles. The summed E-state index contributed by atoms with van der Waals surface area (Å²) in [6.45, 7) is 12.3. The van der Waals surface area contributed by atoms with E-state index < -0.39 is 0 Å². The Balaban J connectivity index is 2.07. The summed E-state index contributed by atoms with van der Waals surface area (Å²) < 4.78 is 0. The average Bonchev–Trinajstić information content (AvgIpc) is 2.28. The predicted molar refractivity (Wildman–Crippen MR) is 69.6 cm³/mol. The summed E-state index contributed by atoms with van der Waals surface area (Å²) in [5.41, 5.74) is 0.522. The highest BCUT2D eigenvalue weighted by Gasteiger charge is 2.39. The van der Waals surface area contributed by atoms with E-state index in [9.17, 15) is 0 Å². The monoisotopic (exact) mass is 224 g/mol. The number of nitrogens with one attached hydrogen (secondary N) is 1. The minimum absolute atomic E-state index is 0.522. The normalized spacial score (nSPS) is 36.2. The zero-order chi connectivity index (χ0) is 11.6. The first-order valence-corrected chi connectivity index (χ1v) is 7.12. The maximum Gasteiger partial charge on any atom is 0.0231 e. The highest BCUT2D eigenvalue weighted by atomic mass is 15.2. The second-order valence-electron chi connectivity index (χ2n) is 6.18. The van der Waals surface area contributed by atoms with E-state index in [1.54, 1.807) is 0 Å². The van der Waals surface area contributed by atoms with Gasteiger partial charge in [-0.15, -0.1) is 0 Å². The molecule has 1 N–H and O–H groups in total. The van der Waals surface area contributed by atoms with Gasteiger partial charge < -0.3 is 5.32 Å². The molecular weight excluding hydrogens is 196 g/mol. The van der Waals surface area contributed by atoms with Crippen LogP contribution in [0.2, 0.25) is 0 Å². The van der Waals surface area contributed by atoms with Crippen LogP contribution in [-0.2, 0) is 0 Å². The predicted octanol–water partition coefficient (Wildman–Crippen LogP) is 2.50. The van der Waals surface area contributed by atoms with Crippen molar-refractivity contribution >= 4 is 0 Å². The summed E-state index contributed by atoms with van der Waals surface area (Å²) in [5.74, 6) is 1.78. The first kappa shape index (κ1) is 12.4. The molecule has 16 heavy (non-hydrogen) atoms. The molecule has 0 unspecified atom stereocenters. The second-order valence-corrected chi connectivity index (χ2v) is 6.18. The highest BCUT2D eigenvalue weighted by Crippen LogP contribution is 2.34. The molecule has 0 radical (unpaired) electrons. The van der Waals surface area contributed by atoms with Crippen LogP contribution in [0.4, 0.5) is 0 Å². The summed E-state index contributed by atoms with van der Waals surface area (Å²) in [6.07, 6.45) is 5.45. The average molecular weight is 224 g/mol. The Morgan fingerprint density at radius 3 is 2.19 bits per heavy atom. The van der Waals surface area contributed by atoms with Crippen LogP contribution in [0.1, 0.15) is 46.5 Å². The van der Waals surface area contributed by atoms with E-state index in [2.05, 4.69) is 31.0 Å². The van der Waals surface area contributed by atoms with Crippen LogP contribution in [-0.4, -0.2) is 36.6 Å². The Kier molecular flexibility index (Phi) is 3.91. The summed E-state index contributed by atoms with van der Waals surface area (Å²) >= 11 is 0. The number of hydrogen-bond donors (Lipinski definition) is 1. The fourth-order valence-electron chi connectivity index (χ4n) is 3.84. The van der Waals surface area contributed by atoms with Crippen molar-refractivity contribution in [1.29, 1.82) is 0 Å². The van der Waals surface area contributed by atoms with Gasteiger partial charge in [0.2, 0.25) is 0 Å². The van der Waals surface area contributed by atoms with Gasteiger partial charge >= 0.3 is 0 Å². The van der Waals surface area contributed by atoms with E-state index in [0.717, 1.165) is 11.8 Å². The van der Waals surface area contributed by atoms with Crippen LogP contribution >= 0.6 is 0 Å². The van der Waals surface area contributed by atoms with Crippen molar-refractivity contribution in [2.75, 3.05) is 26.2 Å².